The molecule has 24 heavy (non-hydrogen) atoms. The first-order valence-corrected chi connectivity index (χ1v) is 9.70. The van der Waals surface area contributed by atoms with Gasteiger partial charge in [-0.3, -0.25) is 4.79 Å². The summed E-state index contributed by atoms with van der Waals surface area (Å²) < 4.78 is 32.0. The molecule has 1 aromatic rings. The molecule has 0 bridgehead atoms. The number of benzene rings is 1. The summed E-state index contributed by atoms with van der Waals surface area (Å²) in [7, 11) is -2.05. The monoisotopic (exact) mass is 354 g/mol. The van der Waals surface area contributed by atoms with Gasteiger partial charge in [-0.1, -0.05) is 13.8 Å². The average molecular weight is 354 g/mol. The van der Waals surface area contributed by atoms with Crippen LogP contribution in [0.3, 0.4) is 0 Å². The number of piperidine rings is 1. The molecule has 0 radical (unpaired) electrons. The molecular formula is C17H26N2O4S. The number of rotatable bonds is 6. The van der Waals surface area contributed by atoms with Crippen molar-refractivity contribution in [2.75, 3.05) is 26.7 Å². The van der Waals surface area contributed by atoms with Gasteiger partial charge in [0.25, 0.3) is 0 Å². The standard InChI is InChI=1S/C17H26N2O4S/c1-13(2)11-18-17(20)14-5-4-10-19(12-14)24(21,22)16-8-6-15(23-3)7-9-16/h6-9,13-14H,4-5,10-12H2,1-3H3,(H,18,20). The van der Waals surface area contributed by atoms with E-state index in [0.717, 1.165) is 6.42 Å². The van der Waals surface area contributed by atoms with Crippen molar-refractivity contribution in [1.82, 2.24) is 9.62 Å². The molecular weight excluding hydrogens is 328 g/mol. The summed E-state index contributed by atoms with van der Waals surface area (Å²) in [6.45, 7) is 5.35. The van der Waals surface area contributed by atoms with Crippen LogP contribution in [0.2, 0.25) is 0 Å². The van der Waals surface area contributed by atoms with Crippen LogP contribution in [0.15, 0.2) is 29.2 Å². The second-order valence-electron chi connectivity index (χ2n) is 6.52. The summed E-state index contributed by atoms with van der Waals surface area (Å²) in [6, 6.07) is 6.33. The first-order chi connectivity index (χ1) is 11.3. The lowest BCUT2D eigenvalue weighted by Crippen LogP contribution is -2.45. The van der Waals surface area contributed by atoms with Crippen LogP contribution in [0.1, 0.15) is 26.7 Å². The maximum Gasteiger partial charge on any atom is 0.243 e. The molecule has 1 unspecified atom stereocenters. The first-order valence-electron chi connectivity index (χ1n) is 8.26. The van der Waals surface area contributed by atoms with E-state index in [2.05, 4.69) is 5.32 Å². The van der Waals surface area contributed by atoms with Crippen molar-refractivity contribution in [3.05, 3.63) is 24.3 Å². The van der Waals surface area contributed by atoms with E-state index in [1.165, 1.54) is 23.5 Å². The van der Waals surface area contributed by atoms with E-state index in [-0.39, 0.29) is 23.3 Å². The van der Waals surface area contributed by atoms with Gasteiger partial charge in [-0.25, -0.2) is 8.42 Å². The van der Waals surface area contributed by atoms with Gasteiger partial charge in [0.2, 0.25) is 15.9 Å². The number of methoxy groups -OCH3 is 1. The Morgan fingerprint density at radius 2 is 2.00 bits per heavy atom. The highest BCUT2D eigenvalue weighted by molar-refractivity contribution is 7.89. The summed E-state index contributed by atoms with van der Waals surface area (Å²) in [5, 5.41) is 2.90. The number of nitrogens with one attached hydrogen (secondary N) is 1. The SMILES string of the molecule is COc1ccc(S(=O)(=O)N2CCCC(C(=O)NCC(C)C)C2)cc1. The fourth-order valence-corrected chi connectivity index (χ4v) is 4.24. The van der Waals surface area contributed by atoms with E-state index in [4.69, 9.17) is 4.74 Å². The molecule has 1 aromatic carbocycles. The van der Waals surface area contributed by atoms with E-state index in [0.29, 0.717) is 31.2 Å². The third-order valence-corrected chi connectivity index (χ3v) is 6.02. The van der Waals surface area contributed by atoms with Crippen molar-refractivity contribution in [2.24, 2.45) is 11.8 Å². The van der Waals surface area contributed by atoms with Crippen LogP contribution >= 0.6 is 0 Å². The number of amides is 1. The van der Waals surface area contributed by atoms with Crippen LogP contribution in [0.25, 0.3) is 0 Å². The second kappa shape index (κ2) is 7.98. The van der Waals surface area contributed by atoms with Crippen LogP contribution in [-0.4, -0.2) is 45.4 Å². The lowest BCUT2D eigenvalue weighted by atomic mass is 9.98. The van der Waals surface area contributed by atoms with Gasteiger partial charge in [0.05, 0.1) is 17.9 Å². The van der Waals surface area contributed by atoms with Gasteiger partial charge in [-0.2, -0.15) is 4.31 Å². The zero-order chi connectivity index (χ0) is 17.7. The Balaban J connectivity index is 2.08. The number of carbonyl (C=O) groups is 1. The van der Waals surface area contributed by atoms with Crippen LogP contribution in [0, 0.1) is 11.8 Å². The molecule has 1 saturated heterocycles. The molecule has 1 heterocycles. The van der Waals surface area contributed by atoms with Gasteiger partial charge in [-0.15, -0.1) is 0 Å². The molecule has 0 saturated carbocycles. The van der Waals surface area contributed by atoms with Gasteiger partial charge in [0.1, 0.15) is 5.75 Å². The lowest BCUT2D eigenvalue weighted by Gasteiger charge is -2.31. The molecule has 0 spiro atoms. The third kappa shape index (κ3) is 4.48. The number of hydrogen-bond acceptors (Lipinski definition) is 4. The Bertz CT molecular complexity index is 656. The van der Waals surface area contributed by atoms with Gasteiger partial charge in [0, 0.05) is 19.6 Å². The quantitative estimate of drug-likeness (QED) is 0.846. The molecule has 7 heteroatoms. The van der Waals surface area contributed by atoms with E-state index < -0.39 is 10.0 Å². The Kier molecular flexibility index (Phi) is 6.23. The van der Waals surface area contributed by atoms with Crippen molar-refractivity contribution >= 4 is 15.9 Å². The predicted molar refractivity (Wildman–Crippen MR) is 92.3 cm³/mol. The Hall–Kier alpha value is -1.60. The van der Waals surface area contributed by atoms with Crippen LogP contribution < -0.4 is 10.1 Å². The minimum Gasteiger partial charge on any atom is -0.497 e. The number of carbonyl (C=O) groups excluding carboxylic acids is 1. The molecule has 134 valence electrons. The second-order valence-corrected chi connectivity index (χ2v) is 8.45. The van der Waals surface area contributed by atoms with Crippen molar-refractivity contribution < 1.29 is 17.9 Å². The predicted octanol–water partition coefficient (Wildman–Crippen LogP) is 1.87. The Morgan fingerprint density at radius 3 is 2.58 bits per heavy atom. The van der Waals surface area contributed by atoms with Gasteiger partial charge in [-0.05, 0) is 43.0 Å². The normalized spacial score (nSPS) is 19.2. The van der Waals surface area contributed by atoms with E-state index in [9.17, 15) is 13.2 Å². The number of ether oxygens (including phenoxy) is 1. The maximum absolute atomic E-state index is 12.8. The minimum absolute atomic E-state index is 0.0571. The van der Waals surface area contributed by atoms with Crippen molar-refractivity contribution in [2.45, 2.75) is 31.6 Å². The molecule has 0 aliphatic carbocycles. The molecule has 1 fully saturated rings. The highest BCUT2D eigenvalue weighted by Crippen LogP contribution is 2.25. The van der Waals surface area contributed by atoms with Crippen LogP contribution in [0.4, 0.5) is 0 Å². The number of sulfonamides is 1. The summed E-state index contributed by atoms with van der Waals surface area (Å²) in [5.74, 6) is 0.638. The summed E-state index contributed by atoms with van der Waals surface area (Å²) in [4.78, 5) is 12.5. The van der Waals surface area contributed by atoms with E-state index in [1.807, 2.05) is 13.8 Å². The highest BCUT2D eigenvalue weighted by Gasteiger charge is 2.33. The zero-order valence-electron chi connectivity index (χ0n) is 14.5. The molecule has 1 aliphatic heterocycles. The van der Waals surface area contributed by atoms with E-state index in [1.54, 1.807) is 12.1 Å². The van der Waals surface area contributed by atoms with Crippen LogP contribution in [-0.2, 0) is 14.8 Å². The highest BCUT2D eigenvalue weighted by atomic mass is 32.2. The molecule has 0 aromatic heterocycles. The zero-order valence-corrected chi connectivity index (χ0v) is 15.3. The molecule has 6 nitrogen and oxygen atoms in total. The molecule has 1 aliphatic rings. The summed E-state index contributed by atoms with van der Waals surface area (Å²) in [5.41, 5.74) is 0. The molecule has 1 N–H and O–H groups in total. The summed E-state index contributed by atoms with van der Waals surface area (Å²) in [6.07, 6.45) is 1.41. The topological polar surface area (TPSA) is 75.7 Å². The van der Waals surface area contributed by atoms with Gasteiger partial charge < -0.3 is 10.1 Å². The van der Waals surface area contributed by atoms with Crippen molar-refractivity contribution in [3.63, 3.8) is 0 Å². The Labute approximate surface area is 144 Å². The maximum atomic E-state index is 12.8. The average Bonchev–Trinajstić information content (AvgIpc) is 2.59. The minimum atomic E-state index is -3.59. The fourth-order valence-electron chi connectivity index (χ4n) is 2.72. The van der Waals surface area contributed by atoms with Crippen molar-refractivity contribution in [1.29, 1.82) is 0 Å². The Morgan fingerprint density at radius 1 is 1.33 bits per heavy atom. The van der Waals surface area contributed by atoms with E-state index >= 15 is 0 Å². The largest absolute Gasteiger partial charge is 0.497 e. The molecule has 1 amide bonds. The van der Waals surface area contributed by atoms with Crippen LogP contribution in [0.5, 0.6) is 5.75 Å². The summed E-state index contributed by atoms with van der Waals surface area (Å²) >= 11 is 0. The molecule has 1 atom stereocenters. The number of hydrogen-bond donors (Lipinski definition) is 1. The lowest BCUT2D eigenvalue weighted by molar-refractivity contribution is -0.126. The first kappa shape index (κ1) is 18.7. The van der Waals surface area contributed by atoms with Gasteiger partial charge >= 0.3 is 0 Å². The van der Waals surface area contributed by atoms with Crippen molar-refractivity contribution in [3.8, 4) is 5.75 Å². The number of nitrogens with zero attached hydrogens (tertiary/aromatic N) is 1. The fraction of sp³-hybridized carbons (Fsp3) is 0.588. The molecule has 2 rings (SSSR count). The smallest absolute Gasteiger partial charge is 0.243 e. The third-order valence-electron chi connectivity index (χ3n) is 4.14. The van der Waals surface area contributed by atoms with Gasteiger partial charge in [0.15, 0.2) is 0 Å².